The largest absolute Gasteiger partial charge is 0.497 e. The van der Waals surface area contributed by atoms with Crippen molar-refractivity contribution in [1.82, 2.24) is 10.3 Å². The van der Waals surface area contributed by atoms with Crippen LogP contribution >= 0.6 is 0 Å². The Labute approximate surface area is 141 Å². The number of rotatable bonds is 6. The Morgan fingerprint density at radius 2 is 1.83 bits per heavy atom. The molecule has 0 unspecified atom stereocenters. The minimum absolute atomic E-state index is 0.0510. The van der Waals surface area contributed by atoms with Gasteiger partial charge in [-0.3, -0.25) is 4.79 Å². The highest BCUT2D eigenvalue weighted by Crippen LogP contribution is 2.17. The average Bonchev–Trinajstić information content (AvgIpc) is 2.95. The van der Waals surface area contributed by atoms with E-state index in [0.717, 1.165) is 34.3 Å². The summed E-state index contributed by atoms with van der Waals surface area (Å²) in [5.41, 5.74) is 4.45. The van der Waals surface area contributed by atoms with Crippen LogP contribution in [0.3, 0.4) is 0 Å². The Kier molecular flexibility index (Phi) is 4.85. The number of fused-ring (bicyclic) bond motifs is 1. The minimum atomic E-state index is 0.0510. The summed E-state index contributed by atoms with van der Waals surface area (Å²) < 4.78 is 5.14. The molecule has 1 amide bonds. The van der Waals surface area contributed by atoms with Crippen LogP contribution < -0.4 is 10.1 Å². The smallest absolute Gasteiger partial charge is 0.224 e. The summed E-state index contributed by atoms with van der Waals surface area (Å²) in [4.78, 5) is 15.4. The Bertz CT molecular complexity index is 834. The number of hydrogen-bond acceptors (Lipinski definition) is 2. The lowest BCUT2D eigenvalue weighted by atomic mass is 10.1. The van der Waals surface area contributed by atoms with Crippen molar-refractivity contribution in [3.8, 4) is 5.75 Å². The molecule has 4 nitrogen and oxygen atoms in total. The highest BCUT2D eigenvalue weighted by atomic mass is 16.5. The van der Waals surface area contributed by atoms with Crippen molar-refractivity contribution < 1.29 is 9.53 Å². The van der Waals surface area contributed by atoms with Crippen LogP contribution in [0.2, 0.25) is 0 Å². The molecular formula is C20H22N2O2. The normalized spacial score (nSPS) is 10.8. The number of H-pyrrole nitrogens is 1. The lowest BCUT2D eigenvalue weighted by Gasteiger charge is -2.07. The third-order valence-corrected chi connectivity index (χ3v) is 4.08. The zero-order chi connectivity index (χ0) is 16.9. The topological polar surface area (TPSA) is 54.1 Å². The molecule has 0 saturated carbocycles. The summed E-state index contributed by atoms with van der Waals surface area (Å²) in [7, 11) is 1.65. The number of methoxy groups -OCH3 is 1. The van der Waals surface area contributed by atoms with Gasteiger partial charge in [0, 0.05) is 17.8 Å². The molecule has 2 N–H and O–H groups in total. The van der Waals surface area contributed by atoms with Gasteiger partial charge in [-0.05, 0) is 60.2 Å². The van der Waals surface area contributed by atoms with E-state index < -0.39 is 0 Å². The minimum Gasteiger partial charge on any atom is -0.497 e. The highest BCUT2D eigenvalue weighted by molar-refractivity contribution is 5.84. The van der Waals surface area contributed by atoms with Gasteiger partial charge in [-0.15, -0.1) is 0 Å². The third-order valence-electron chi connectivity index (χ3n) is 4.08. The molecule has 3 aromatic rings. The second-order valence-corrected chi connectivity index (χ2v) is 6.00. The molecule has 24 heavy (non-hydrogen) atoms. The van der Waals surface area contributed by atoms with Crippen LogP contribution in [0.15, 0.2) is 48.5 Å². The second kappa shape index (κ2) is 7.21. The first-order chi connectivity index (χ1) is 11.6. The van der Waals surface area contributed by atoms with E-state index in [1.165, 1.54) is 5.56 Å². The van der Waals surface area contributed by atoms with Crippen LogP contribution in [0, 0.1) is 6.92 Å². The van der Waals surface area contributed by atoms with Crippen LogP contribution in [0.1, 0.15) is 16.8 Å². The van der Waals surface area contributed by atoms with Gasteiger partial charge >= 0.3 is 0 Å². The lowest BCUT2D eigenvalue weighted by molar-refractivity contribution is -0.120. The van der Waals surface area contributed by atoms with E-state index in [-0.39, 0.29) is 5.91 Å². The van der Waals surface area contributed by atoms with E-state index >= 15 is 0 Å². The van der Waals surface area contributed by atoms with Gasteiger partial charge in [0.15, 0.2) is 0 Å². The number of ether oxygens (including phenoxy) is 1. The van der Waals surface area contributed by atoms with Crippen molar-refractivity contribution >= 4 is 16.8 Å². The fourth-order valence-corrected chi connectivity index (χ4v) is 2.82. The third kappa shape index (κ3) is 3.96. The predicted octanol–water partition coefficient (Wildman–Crippen LogP) is 3.39. The molecule has 0 aliphatic carbocycles. The average molecular weight is 322 g/mol. The number of amides is 1. The summed E-state index contributed by atoms with van der Waals surface area (Å²) in [5.74, 6) is 0.897. The van der Waals surface area contributed by atoms with Gasteiger partial charge < -0.3 is 15.0 Å². The summed E-state index contributed by atoms with van der Waals surface area (Å²) in [6.45, 7) is 2.67. The first kappa shape index (κ1) is 16.1. The molecule has 1 aromatic heterocycles. The van der Waals surface area contributed by atoms with Crippen molar-refractivity contribution in [2.24, 2.45) is 0 Å². The summed E-state index contributed by atoms with van der Waals surface area (Å²) in [6, 6.07) is 16.1. The van der Waals surface area contributed by atoms with Gasteiger partial charge in [0.25, 0.3) is 0 Å². The maximum atomic E-state index is 12.1. The molecule has 0 bridgehead atoms. The number of carbonyl (C=O) groups excluding carboxylic acids is 1. The number of aryl methyl sites for hydroxylation is 1. The first-order valence-electron chi connectivity index (χ1n) is 8.12. The van der Waals surface area contributed by atoms with Gasteiger partial charge in [-0.1, -0.05) is 18.2 Å². The van der Waals surface area contributed by atoms with Crippen molar-refractivity contribution in [2.45, 2.75) is 19.8 Å². The highest BCUT2D eigenvalue weighted by Gasteiger charge is 2.05. The van der Waals surface area contributed by atoms with Crippen LogP contribution in [-0.2, 0) is 17.6 Å². The van der Waals surface area contributed by atoms with E-state index in [9.17, 15) is 4.79 Å². The quantitative estimate of drug-likeness (QED) is 0.731. The first-order valence-corrected chi connectivity index (χ1v) is 8.12. The van der Waals surface area contributed by atoms with Crippen molar-refractivity contribution in [2.75, 3.05) is 13.7 Å². The van der Waals surface area contributed by atoms with Crippen molar-refractivity contribution in [1.29, 1.82) is 0 Å². The Hall–Kier alpha value is -2.75. The molecule has 124 valence electrons. The second-order valence-electron chi connectivity index (χ2n) is 6.00. The molecule has 1 heterocycles. The van der Waals surface area contributed by atoms with Gasteiger partial charge in [0.05, 0.1) is 13.5 Å². The van der Waals surface area contributed by atoms with Crippen LogP contribution in [0.25, 0.3) is 10.9 Å². The van der Waals surface area contributed by atoms with E-state index in [0.29, 0.717) is 13.0 Å². The molecule has 0 saturated heterocycles. The van der Waals surface area contributed by atoms with Gasteiger partial charge in [0.2, 0.25) is 5.91 Å². The van der Waals surface area contributed by atoms with E-state index in [4.69, 9.17) is 4.74 Å². The number of nitrogens with one attached hydrogen (secondary N) is 2. The number of carbonyl (C=O) groups is 1. The van der Waals surface area contributed by atoms with E-state index in [1.807, 2.05) is 43.3 Å². The Morgan fingerprint density at radius 3 is 2.58 bits per heavy atom. The monoisotopic (exact) mass is 322 g/mol. The van der Waals surface area contributed by atoms with Gasteiger partial charge in [-0.2, -0.15) is 0 Å². The number of aromatic nitrogens is 1. The van der Waals surface area contributed by atoms with Crippen molar-refractivity contribution in [3.63, 3.8) is 0 Å². The van der Waals surface area contributed by atoms with Crippen LogP contribution in [-0.4, -0.2) is 24.5 Å². The van der Waals surface area contributed by atoms with Gasteiger partial charge in [-0.25, -0.2) is 0 Å². The summed E-state index contributed by atoms with van der Waals surface area (Å²) in [5, 5.41) is 4.13. The maximum absolute atomic E-state index is 12.1. The summed E-state index contributed by atoms with van der Waals surface area (Å²) >= 11 is 0. The molecule has 0 atom stereocenters. The summed E-state index contributed by atoms with van der Waals surface area (Å²) in [6.07, 6.45) is 1.22. The standard InChI is InChI=1S/C20H22N2O2/c1-14-11-17-12-16(5-8-19(17)22-14)13-20(23)21-10-9-15-3-6-18(24-2)7-4-15/h3-8,11-12,22H,9-10,13H2,1-2H3,(H,21,23). The molecule has 0 aliphatic heterocycles. The number of benzene rings is 2. The molecule has 0 spiro atoms. The zero-order valence-corrected chi connectivity index (χ0v) is 14.1. The van der Waals surface area contributed by atoms with E-state index in [2.05, 4.69) is 22.4 Å². The molecule has 0 aliphatic rings. The Morgan fingerprint density at radius 1 is 1.08 bits per heavy atom. The van der Waals surface area contributed by atoms with E-state index in [1.54, 1.807) is 7.11 Å². The van der Waals surface area contributed by atoms with Crippen LogP contribution in [0.5, 0.6) is 5.75 Å². The van der Waals surface area contributed by atoms with Crippen molar-refractivity contribution in [3.05, 3.63) is 65.4 Å². The molecule has 2 aromatic carbocycles. The molecule has 4 heteroatoms. The predicted molar refractivity (Wildman–Crippen MR) is 96.4 cm³/mol. The number of aromatic amines is 1. The molecule has 3 rings (SSSR count). The molecule has 0 fully saturated rings. The SMILES string of the molecule is COc1ccc(CCNC(=O)Cc2ccc3[nH]c(C)cc3c2)cc1. The van der Waals surface area contributed by atoms with Gasteiger partial charge in [0.1, 0.15) is 5.75 Å². The zero-order valence-electron chi connectivity index (χ0n) is 14.1. The lowest BCUT2D eigenvalue weighted by Crippen LogP contribution is -2.27. The van der Waals surface area contributed by atoms with Crippen LogP contribution in [0.4, 0.5) is 0 Å². The maximum Gasteiger partial charge on any atom is 0.224 e. The number of hydrogen-bond donors (Lipinski definition) is 2. The molecule has 0 radical (unpaired) electrons. The molecular weight excluding hydrogens is 300 g/mol. The fourth-order valence-electron chi connectivity index (χ4n) is 2.82. The Balaban J connectivity index is 1.50. The fraction of sp³-hybridized carbons (Fsp3) is 0.250.